The third kappa shape index (κ3) is 3.60. The van der Waals surface area contributed by atoms with Gasteiger partial charge in [0.1, 0.15) is 13.2 Å². The van der Waals surface area contributed by atoms with E-state index in [4.69, 9.17) is 9.47 Å². The number of amides is 1. The summed E-state index contributed by atoms with van der Waals surface area (Å²) in [4.78, 5) is 54.5. The number of fused-ring (bicyclic) bond motifs is 5. The number of para-hydroxylation sites is 1. The van der Waals surface area contributed by atoms with Gasteiger partial charge in [0.15, 0.2) is 0 Å². The van der Waals surface area contributed by atoms with Crippen LogP contribution in [0.1, 0.15) is 30.0 Å². The van der Waals surface area contributed by atoms with Gasteiger partial charge < -0.3 is 19.4 Å². The van der Waals surface area contributed by atoms with Gasteiger partial charge in [-0.3, -0.25) is 14.4 Å². The summed E-state index contributed by atoms with van der Waals surface area (Å²) in [5.74, 6) is -4.60. The lowest BCUT2D eigenvalue weighted by molar-refractivity contribution is -0.190. The lowest BCUT2D eigenvalue weighted by Crippen LogP contribution is -2.49. The Kier molecular flexibility index (Phi) is 5.34. The van der Waals surface area contributed by atoms with Crippen molar-refractivity contribution in [2.75, 3.05) is 6.54 Å². The summed E-state index contributed by atoms with van der Waals surface area (Å²) in [5, 5.41) is 2.30. The molecule has 36 heavy (non-hydrogen) atoms. The Morgan fingerprint density at radius 1 is 1.22 bits per heavy atom. The number of nitrogens with zero attached hydrogens (tertiary/aromatic N) is 2. The molecule has 3 aromatic rings. The maximum Gasteiger partial charge on any atom is 0.471 e. The first-order valence-electron chi connectivity index (χ1n) is 11.0. The molecule has 1 atom stereocenters. The quantitative estimate of drug-likeness (QED) is 0.427. The van der Waals surface area contributed by atoms with E-state index >= 15 is 0 Å². The fourth-order valence-corrected chi connectivity index (χ4v) is 4.57. The maximum atomic E-state index is 13.4. The maximum absolute atomic E-state index is 13.4. The Morgan fingerprint density at radius 2 is 1.97 bits per heavy atom. The smallest absolute Gasteiger partial charge is 0.457 e. The second kappa shape index (κ2) is 8.18. The Labute approximate surface area is 200 Å². The number of hydrogen-bond acceptors (Lipinski definition) is 7. The van der Waals surface area contributed by atoms with Crippen LogP contribution in [-0.2, 0) is 42.6 Å². The van der Waals surface area contributed by atoms with Crippen molar-refractivity contribution in [3.8, 4) is 11.4 Å². The summed E-state index contributed by atoms with van der Waals surface area (Å²) in [6.07, 6.45) is -5.36. The number of carbonyl (C=O) groups is 3. The number of rotatable bonds is 4. The molecule has 0 bridgehead atoms. The van der Waals surface area contributed by atoms with Gasteiger partial charge in [-0.15, -0.1) is 0 Å². The van der Waals surface area contributed by atoms with Crippen LogP contribution in [0.2, 0.25) is 0 Å². The summed E-state index contributed by atoms with van der Waals surface area (Å²) in [6, 6.07) is 10.9. The molecule has 186 valence electrons. The standard InChI is InChI=1S/C24H18F3N3O6/c1-2-23(36-18(31)9-28-21(33)24(25,26)27)15-8-17-19-13(7-12-5-3-4-6-16(12)29-19)10-30(17)20(32)14(15)11-35-22(23)34/h3-8H,2,9-11H2,1H3,(H,28,33)/t23-/m0/s1. The number of cyclic esters (lactones) is 1. The molecule has 5 rings (SSSR count). The van der Waals surface area contributed by atoms with E-state index < -0.39 is 41.7 Å². The average molecular weight is 501 g/mol. The first kappa shape index (κ1) is 23.5. The molecule has 0 spiro atoms. The average Bonchev–Trinajstić information content (AvgIpc) is 3.20. The summed E-state index contributed by atoms with van der Waals surface area (Å²) >= 11 is 0. The zero-order valence-electron chi connectivity index (χ0n) is 18.8. The van der Waals surface area contributed by atoms with Crippen molar-refractivity contribution in [2.24, 2.45) is 0 Å². The Hall–Kier alpha value is -4.22. The van der Waals surface area contributed by atoms with Crippen LogP contribution in [-0.4, -0.2) is 40.1 Å². The zero-order chi connectivity index (χ0) is 25.8. The van der Waals surface area contributed by atoms with E-state index in [0.29, 0.717) is 16.9 Å². The first-order valence-corrected chi connectivity index (χ1v) is 11.0. The van der Waals surface area contributed by atoms with Crippen LogP contribution in [0.3, 0.4) is 0 Å². The molecule has 0 aliphatic carbocycles. The number of alkyl halides is 3. The molecule has 0 fully saturated rings. The highest BCUT2D eigenvalue weighted by atomic mass is 19.4. The van der Waals surface area contributed by atoms with Gasteiger partial charge in [0.05, 0.1) is 29.0 Å². The molecule has 2 aliphatic heterocycles. The molecule has 0 unspecified atom stereocenters. The molecule has 2 aliphatic rings. The largest absolute Gasteiger partial charge is 0.471 e. The normalized spacial score (nSPS) is 18.2. The molecule has 0 radical (unpaired) electrons. The van der Waals surface area contributed by atoms with Crippen LogP contribution in [0.4, 0.5) is 13.2 Å². The highest BCUT2D eigenvalue weighted by molar-refractivity contribution is 5.90. The molecule has 1 aromatic carbocycles. The molecule has 0 saturated heterocycles. The summed E-state index contributed by atoms with van der Waals surface area (Å²) < 4.78 is 49.4. The van der Waals surface area contributed by atoms with Crippen molar-refractivity contribution in [3.05, 3.63) is 63.4 Å². The number of hydrogen-bond donors (Lipinski definition) is 1. The molecule has 12 heteroatoms. The van der Waals surface area contributed by atoms with Gasteiger partial charge in [-0.2, -0.15) is 13.2 Å². The minimum Gasteiger partial charge on any atom is -0.457 e. The second-order valence-electron chi connectivity index (χ2n) is 8.41. The number of pyridine rings is 2. The van der Waals surface area contributed by atoms with Gasteiger partial charge in [0.2, 0.25) is 5.60 Å². The van der Waals surface area contributed by atoms with Crippen molar-refractivity contribution >= 4 is 28.7 Å². The van der Waals surface area contributed by atoms with E-state index in [0.717, 1.165) is 10.9 Å². The van der Waals surface area contributed by atoms with E-state index in [-0.39, 0.29) is 30.7 Å². The molecule has 0 saturated carbocycles. The van der Waals surface area contributed by atoms with E-state index in [1.165, 1.54) is 22.9 Å². The number of aromatic nitrogens is 2. The van der Waals surface area contributed by atoms with Crippen LogP contribution in [0.15, 0.2) is 41.2 Å². The Balaban J connectivity index is 1.57. The topological polar surface area (TPSA) is 117 Å². The summed E-state index contributed by atoms with van der Waals surface area (Å²) in [5.41, 5.74) is 0.0471. The molecule has 9 nitrogen and oxygen atoms in total. The summed E-state index contributed by atoms with van der Waals surface area (Å²) in [6.45, 7) is 0.250. The van der Waals surface area contributed by atoms with Gasteiger partial charge in [0.25, 0.3) is 5.56 Å². The summed E-state index contributed by atoms with van der Waals surface area (Å²) in [7, 11) is 0. The first-order chi connectivity index (χ1) is 17.0. The van der Waals surface area contributed by atoms with E-state index in [2.05, 4.69) is 4.98 Å². The van der Waals surface area contributed by atoms with Gasteiger partial charge in [-0.05, 0) is 24.6 Å². The van der Waals surface area contributed by atoms with Crippen molar-refractivity contribution < 1.29 is 37.0 Å². The van der Waals surface area contributed by atoms with E-state index in [9.17, 15) is 32.3 Å². The van der Waals surface area contributed by atoms with Gasteiger partial charge >= 0.3 is 24.0 Å². The van der Waals surface area contributed by atoms with Gasteiger partial charge in [-0.1, -0.05) is 25.1 Å². The van der Waals surface area contributed by atoms with Crippen LogP contribution < -0.4 is 10.9 Å². The highest BCUT2D eigenvalue weighted by Gasteiger charge is 2.50. The number of benzene rings is 1. The third-order valence-electron chi connectivity index (χ3n) is 6.32. The Bertz CT molecular complexity index is 1510. The van der Waals surface area contributed by atoms with Crippen molar-refractivity contribution in [1.82, 2.24) is 14.9 Å². The molecular formula is C24H18F3N3O6. The van der Waals surface area contributed by atoms with Crippen LogP contribution >= 0.6 is 0 Å². The van der Waals surface area contributed by atoms with Crippen LogP contribution in [0.25, 0.3) is 22.3 Å². The van der Waals surface area contributed by atoms with Crippen molar-refractivity contribution in [2.45, 2.75) is 38.3 Å². The fourth-order valence-electron chi connectivity index (χ4n) is 4.57. The number of ether oxygens (including phenoxy) is 2. The van der Waals surface area contributed by atoms with Gasteiger partial charge in [-0.25, -0.2) is 9.78 Å². The van der Waals surface area contributed by atoms with Gasteiger partial charge in [0, 0.05) is 16.5 Å². The molecule has 4 heterocycles. The van der Waals surface area contributed by atoms with E-state index in [1.54, 1.807) is 0 Å². The number of halogens is 3. The zero-order valence-corrected chi connectivity index (χ0v) is 18.8. The monoisotopic (exact) mass is 501 g/mol. The lowest BCUT2D eigenvalue weighted by atomic mass is 9.85. The number of esters is 2. The molecule has 2 aromatic heterocycles. The van der Waals surface area contributed by atoms with Crippen LogP contribution in [0.5, 0.6) is 0 Å². The molecule has 1 amide bonds. The molecule has 1 N–H and O–H groups in total. The van der Waals surface area contributed by atoms with Crippen molar-refractivity contribution in [1.29, 1.82) is 0 Å². The minimum atomic E-state index is -5.20. The van der Waals surface area contributed by atoms with Crippen LogP contribution in [0, 0.1) is 0 Å². The fraction of sp³-hybridized carbons (Fsp3) is 0.292. The number of nitrogens with one attached hydrogen (secondary N) is 1. The lowest BCUT2D eigenvalue weighted by Gasteiger charge is -2.35. The predicted molar refractivity (Wildman–Crippen MR) is 117 cm³/mol. The van der Waals surface area contributed by atoms with E-state index in [1.807, 2.05) is 30.3 Å². The third-order valence-corrected chi connectivity index (χ3v) is 6.32. The minimum absolute atomic E-state index is 0.0795. The van der Waals surface area contributed by atoms with Crippen molar-refractivity contribution in [3.63, 3.8) is 0 Å². The predicted octanol–water partition coefficient (Wildman–Crippen LogP) is 2.31. The second-order valence-corrected chi connectivity index (χ2v) is 8.41. The SMILES string of the molecule is CC[C@@]1(OC(=O)CNC(=O)C(F)(F)F)C(=O)OCc2c1cc1n(c2=O)Cc2cc3ccccc3nc2-1. The Morgan fingerprint density at radius 3 is 2.69 bits per heavy atom. The number of carbonyl (C=O) groups excluding carboxylic acids is 3. The molecular weight excluding hydrogens is 483 g/mol. The highest BCUT2D eigenvalue weighted by Crippen LogP contribution is 2.40.